The predicted molar refractivity (Wildman–Crippen MR) is 128 cm³/mol. The zero-order chi connectivity index (χ0) is 21.2. The number of carbonyl (C=O) groups excluding carboxylic acids is 2. The lowest BCUT2D eigenvalue weighted by Gasteiger charge is -2.66. The molecule has 5 rings (SSSR count). The number of hydrogen-bond donors (Lipinski definition) is 1. The number of rotatable bonds is 5. The third-order valence-corrected chi connectivity index (χ3v) is 12.2. The van der Waals surface area contributed by atoms with Crippen LogP contribution in [-0.4, -0.2) is 27.0 Å². The fraction of sp³-hybridized carbons (Fsp3) is 0.714. The number of fused-ring (bicyclic) bond motifs is 2. The molecule has 0 radical (unpaired) electrons. The van der Waals surface area contributed by atoms with Crippen LogP contribution in [0.1, 0.15) is 67.3 Å². The number of amides is 1. The van der Waals surface area contributed by atoms with E-state index in [1.807, 2.05) is 6.92 Å². The van der Waals surface area contributed by atoms with Gasteiger partial charge in [0.25, 0.3) is 0 Å². The molecule has 1 amide bonds. The van der Waals surface area contributed by atoms with Gasteiger partial charge in [0.1, 0.15) is 5.00 Å². The van der Waals surface area contributed by atoms with E-state index in [-0.39, 0.29) is 31.3 Å². The molecule has 0 spiro atoms. The second kappa shape index (κ2) is 7.59. The van der Waals surface area contributed by atoms with Crippen molar-refractivity contribution in [3.8, 4) is 0 Å². The lowest BCUT2D eigenvalue weighted by atomic mass is 9.43. The Morgan fingerprint density at radius 1 is 1.24 bits per heavy atom. The van der Waals surface area contributed by atoms with E-state index in [2.05, 4.69) is 67.0 Å². The molecule has 3 fully saturated rings. The smallest absolute Gasteiger partial charge is 0.341 e. The molecule has 2 bridgehead atoms. The zero-order valence-electron chi connectivity index (χ0n) is 16.9. The number of hydrogen-bond acceptors (Lipinski definition) is 4. The van der Waals surface area contributed by atoms with E-state index in [1.54, 1.807) is 11.3 Å². The third-order valence-electron chi connectivity index (χ3n) is 7.77. The van der Waals surface area contributed by atoms with Crippen LogP contribution in [0.5, 0.6) is 0 Å². The summed E-state index contributed by atoms with van der Waals surface area (Å²) in [7, 11) is 0. The van der Waals surface area contributed by atoms with E-state index in [0.29, 0.717) is 17.2 Å². The van der Waals surface area contributed by atoms with Crippen molar-refractivity contribution in [3.63, 3.8) is 0 Å². The predicted octanol–water partition coefficient (Wildman–Crippen LogP) is 6.43. The molecule has 160 valence electrons. The monoisotopic (exact) mass is 609 g/mol. The Hall–Kier alpha value is 0.0800. The highest BCUT2D eigenvalue weighted by molar-refractivity contribution is 9.24. The summed E-state index contributed by atoms with van der Waals surface area (Å²) in [5, 5.41) is 3.86. The molecular formula is C21H26Br3NO3S. The minimum absolute atomic E-state index is 0.0160. The molecule has 4 nitrogen and oxygen atoms in total. The quantitative estimate of drug-likeness (QED) is 0.308. The Morgan fingerprint density at radius 2 is 1.93 bits per heavy atom. The third kappa shape index (κ3) is 2.77. The van der Waals surface area contributed by atoms with Gasteiger partial charge in [-0.2, -0.15) is 0 Å². The fourth-order valence-corrected chi connectivity index (χ4v) is 12.2. The average molecular weight is 612 g/mol. The maximum Gasteiger partial charge on any atom is 0.341 e. The van der Waals surface area contributed by atoms with Crippen molar-refractivity contribution in [1.82, 2.24) is 0 Å². The first kappa shape index (κ1) is 22.3. The summed E-state index contributed by atoms with van der Waals surface area (Å²) < 4.78 is 5.47. The Labute approximate surface area is 201 Å². The topological polar surface area (TPSA) is 55.4 Å². The number of ether oxygens (including phenoxy) is 1. The zero-order valence-corrected chi connectivity index (χ0v) is 22.4. The molecule has 1 aromatic heterocycles. The first-order valence-corrected chi connectivity index (χ1v) is 13.8. The van der Waals surface area contributed by atoms with Gasteiger partial charge in [-0.3, -0.25) is 4.79 Å². The molecule has 3 atom stereocenters. The van der Waals surface area contributed by atoms with Crippen LogP contribution in [0.15, 0.2) is 0 Å². The standard InChI is InChI=1S/C21H26Br3NO3S/c1-4-28-15(26)13-11-7-5-6-8-12(11)29-14(13)25-18(27)21-10-9-20(16(21)22,17(23)24)19(21,2)3/h16-17H,4-10H2,1-3H3,(H,25,27). The highest BCUT2D eigenvalue weighted by Gasteiger charge is 2.83. The van der Waals surface area contributed by atoms with Crippen LogP contribution >= 0.6 is 59.1 Å². The molecule has 29 heavy (non-hydrogen) atoms. The van der Waals surface area contributed by atoms with Crippen molar-refractivity contribution in [1.29, 1.82) is 0 Å². The van der Waals surface area contributed by atoms with Crippen molar-refractivity contribution < 1.29 is 14.3 Å². The second-order valence-electron chi connectivity index (χ2n) is 8.89. The van der Waals surface area contributed by atoms with Gasteiger partial charge in [-0.1, -0.05) is 61.6 Å². The van der Waals surface area contributed by atoms with Gasteiger partial charge in [-0.25, -0.2) is 4.79 Å². The first-order valence-electron chi connectivity index (χ1n) is 10.2. The Bertz CT molecular complexity index is 868. The van der Waals surface area contributed by atoms with Crippen molar-refractivity contribution in [2.75, 3.05) is 11.9 Å². The normalized spacial score (nSPS) is 31.9. The number of halogens is 3. The molecule has 8 heteroatoms. The van der Waals surface area contributed by atoms with Crippen LogP contribution < -0.4 is 5.32 Å². The van der Waals surface area contributed by atoms with Crippen molar-refractivity contribution in [2.24, 2.45) is 16.2 Å². The van der Waals surface area contributed by atoms with Crippen LogP contribution in [0, 0.1) is 16.2 Å². The maximum absolute atomic E-state index is 13.7. The molecule has 0 aliphatic heterocycles. The Balaban J connectivity index is 1.68. The van der Waals surface area contributed by atoms with Gasteiger partial charge < -0.3 is 10.1 Å². The number of esters is 1. The number of aryl methyl sites for hydroxylation is 1. The van der Waals surface area contributed by atoms with Crippen LogP contribution in [0.4, 0.5) is 5.00 Å². The maximum atomic E-state index is 13.7. The number of carbonyl (C=O) groups is 2. The summed E-state index contributed by atoms with van der Waals surface area (Å²) in [6, 6.07) is 0. The van der Waals surface area contributed by atoms with Crippen LogP contribution in [-0.2, 0) is 22.4 Å². The summed E-state index contributed by atoms with van der Waals surface area (Å²) in [4.78, 5) is 27.7. The molecule has 1 heterocycles. The highest BCUT2D eigenvalue weighted by atomic mass is 79.9. The van der Waals surface area contributed by atoms with Crippen molar-refractivity contribution in [2.45, 2.75) is 67.9 Å². The van der Waals surface area contributed by atoms with Crippen LogP contribution in [0.3, 0.4) is 0 Å². The van der Waals surface area contributed by atoms with E-state index < -0.39 is 5.41 Å². The van der Waals surface area contributed by atoms with Crippen molar-refractivity contribution >= 4 is 76.0 Å². The number of alkyl halides is 3. The summed E-state index contributed by atoms with van der Waals surface area (Å²) in [5.41, 5.74) is 0.962. The van der Waals surface area contributed by atoms with Gasteiger partial charge >= 0.3 is 5.97 Å². The number of anilines is 1. The summed E-state index contributed by atoms with van der Waals surface area (Å²) in [6.07, 6.45) is 5.85. The second-order valence-corrected chi connectivity index (χ2v) is 14.0. The molecule has 3 saturated carbocycles. The SMILES string of the molecule is CCOC(=O)c1c(NC(=O)C23CCC(C(Br)Br)(C2Br)C3(C)C)sc2c1CCCC2. The minimum atomic E-state index is -0.497. The minimum Gasteiger partial charge on any atom is -0.462 e. The van der Waals surface area contributed by atoms with E-state index in [9.17, 15) is 9.59 Å². The average Bonchev–Trinajstić information content (AvgIpc) is 3.27. The lowest BCUT2D eigenvalue weighted by molar-refractivity contribution is -0.155. The van der Waals surface area contributed by atoms with E-state index in [1.165, 1.54) is 4.88 Å². The van der Waals surface area contributed by atoms with Gasteiger partial charge in [-0.05, 0) is 56.4 Å². The molecule has 4 aliphatic carbocycles. The molecule has 1 N–H and O–H groups in total. The summed E-state index contributed by atoms with van der Waals surface area (Å²) in [5.74, 6) is -0.299. The van der Waals surface area contributed by atoms with Gasteiger partial charge in [0.2, 0.25) is 5.91 Å². The molecule has 4 aliphatic rings. The number of nitrogens with one attached hydrogen (secondary N) is 1. The fourth-order valence-electron chi connectivity index (χ4n) is 5.99. The molecule has 0 aromatic carbocycles. The van der Waals surface area contributed by atoms with Crippen molar-refractivity contribution in [3.05, 3.63) is 16.0 Å². The lowest BCUT2D eigenvalue weighted by Crippen LogP contribution is -2.71. The van der Waals surface area contributed by atoms with Gasteiger partial charge in [0.15, 0.2) is 0 Å². The van der Waals surface area contributed by atoms with Gasteiger partial charge in [0, 0.05) is 15.1 Å². The molecule has 3 unspecified atom stereocenters. The Kier molecular flexibility index (Phi) is 5.83. The largest absolute Gasteiger partial charge is 0.462 e. The molecular weight excluding hydrogens is 586 g/mol. The van der Waals surface area contributed by atoms with Gasteiger partial charge in [0.05, 0.1) is 21.3 Å². The summed E-state index contributed by atoms with van der Waals surface area (Å²) in [6.45, 7) is 6.53. The van der Waals surface area contributed by atoms with Gasteiger partial charge in [-0.15, -0.1) is 11.3 Å². The molecule has 0 saturated heterocycles. The Morgan fingerprint density at radius 3 is 2.52 bits per heavy atom. The van der Waals surface area contributed by atoms with Crippen LogP contribution in [0.25, 0.3) is 0 Å². The number of thiophene rings is 1. The first-order chi connectivity index (χ1) is 13.6. The van der Waals surface area contributed by atoms with E-state index in [0.717, 1.165) is 44.1 Å². The van der Waals surface area contributed by atoms with Crippen LogP contribution in [0.2, 0.25) is 0 Å². The van der Waals surface area contributed by atoms with E-state index in [4.69, 9.17) is 4.74 Å². The molecule has 1 aromatic rings. The summed E-state index contributed by atoms with van der Waals surface area (Å²) >= 11 is 12.9. The highest BCUT2D eigenvalue weighted by Crippen LogP contribution is 2.82. The van der Waals surface area contributed by atoms with E-state index >= 15 is 0 Å².